The Hall–Kier alpha value is -1.42. The molecule has 0 saturated heterocycles. The maximum Gasteiger partial charge on any atom is 0.153 e. The van der Waals surface area contributed by atoms with E-state index in [0.29, 0.717) is 12.0 Å². The zero-order valence-electron chi connectivity index (χ0n) is 8.83. The fourth-order valence-electron chi connectivity index (χ4n) is 1.62. The first-order valence-corrected chi connectivity index (χ1v) is 5.73. The molecule has 0 unspecified atom stereocenters. The number of hydrogen-bond donors (Lipinski definition) is 1. The minimum absolute atomic E-state index is 0.665. The zero-order valence-corrected chi connectivity index (χ0v) is 10.4. The second-order valence-electron chi connectivity index (χ2n) is 3.63. The van der Waals surface area contributed by atoms with Gasteiger partial charge in [0.1, 0.15) is 0 Å². The second kappa shape index (κ2) is 4.61. The van der Waals surface area contributed by atoms with Crippen molar-refractivity contribution in [3.63, 3.8) is 0 Å². The third-order valence-corrected chi connectivity index (χ3v) is 2.95. The van der Waals surface area contributed by atoms with Crippen molar-refractivity contribution in [3.8, 4) is 0 Å². The lowest BCUT2D eigenvalue weighted by Gasteiger charge is -2.00. The Morgan fingerprint density at radius 1 is 1.50 bits per heavy atom. The van der Waals surface area contributed by atoms with Gasteiger partial charge in [-0.1, -0.05) is 28.1 Å². The summed E-state index contributed by atoms with van der Waals surface area (Å²) in [6.07, 6.45) is 1.52. The van der Waals surface area contributed by atoms with E-state index in [1.807, 2.05) is 31.2 Å². The SMILES string of the molecule is Cc1[nH]nc(Cc2cccc(Br)c2)c1C=O. The first-order chi connectivity index (χ1) is 7.70. The molecule has 2 aromatic rings. The van der Waals surface area contributed by atoms with Gasteiger partial charge in [0.15, 0.2) is 6.29 Å². The topological polar surface area (TPSA) is 45.8 Å². The third-order valence-electron chi connectivity index (χ3n) is 2.45. The molecule has 0 spiro atoms. The van der Waals surface area contributed by atoms with Gasteiger partial charge in [0, 0.05) is 16.6 Å². The van der Waals surface area contributed by atoms with Crippen molar-refractivity contribution in [1.82, 2.24) is 10.2 Å². The quantitative estimate of drug-likeness (QED) is 0.878. The summed E-state index contributed by atoms with van der Waals surface area (Å²) in [5.41, 5.74) is 3.41. The Morgan fingerprint density at radius 3 is 3.00 bits per heavy atom. The van der Waals surface area contributed by atoms with Gasteiger partial charge in [0.25, 0.3) is 0 Å². The first kappa shape index (κ1) is 11.1. The van der Waals surface area contributed by atoms with Crippen molar-refractivity contribution in [2.45, 2.75) is 13.3 Å². The molecule has 0 bridgehead atoms. The van der Waals surface area contributed by atoms with Crippen molar-refractivity contribution in [3.05, 3.63) is 51.3 Å². The number of aldehydes is 1. The van der Waals surface area contributed by atoms with E-state index < -0.39 is 0 Å². The molecule has 0 radical (unpaired) electrons. The summed E-state index contributed by atoms with van der Waals surface area (Å²) >= 11 is 3.42. The smallest absolute Gasteiger partial charge is 0.153 e. The Bertz CT molecular complexity index is 519. The Labute approximate surface area is 102 Å². The highest BCUT2D eigenvalue weighted by atomic mass is 79.9. The van der Waals surface area contributed by atoms with E-state index in [4.69, 9.17) is 0 Å². The molecule has 0 fully saturated rings. The highest BCUT2D eigenvalue weighted by Gasteiger charge is 2.09. The number of benzene rings is 1. The minimum Gasteiger partial charge on any atom is -0.298 e. The molecule has 0 aliphatic carbocycles. The van der Waals surface area contributed by atoms with Crippen LogP contribution in [-0.2, 0) is 6.42 Å². The van der Waals surface area contributed by atoms with Crippen LogP contribution in [0, 0.1) is 6.92 Å². The van der Waals surface area contributed by atoms with Crippen LogP contribution in [-0.4, -0.2) is 16.5 Å². The molecule has 1 aromatic carbocycles. The van der Waals surface area contributed by atoms with Crippen molar-refractivity contribution in [2.75, 3.05) is 0 Å². The number of carbonyl (C=O) groups is 1. The lowest BCUT2D eigenvalue weighted by Crippen LogP contribution is -1.93. The predicted molar refractivity (Wildman–Crippen MR) is 65.7 cm³/mol. The molecular weight excluding hydrogens is 268 g/mol. The van der Waals surface area contributed by atoms with Crippen LogP contribution in [0.2, 0.25) is 0 Å². The van der Waals surface area contributed by atoms with Crippen molar-refractivity contribution in [1.29, 1.82) is 0 Å². The van der Waals surface area contributed by atoms with E-state index in [0.717, 1.165) is 27.7 Å². The molecule has 2 rings (SSSR count). The molecule has 0 aliphatic heterocycles. The summed E-state index contributed by atoms with van der Waals surface area (Å²) in [7, 11) is 0. The molecule has 0 atom stereocenters. The predicted octanol–water partition coefficient (Wildman–Crippen LogP) is 2.88. The molecule has 82 valence electrons. The van der Waals surface area contributed by atoms with Crippen LogP contribution in [0.1, 0.15) is 27.3 Å². The van der Waals surface area contributed by atoms with Crippen molar-refractivity contribution < 1.29 is 4.79 Å². The highest BCUT2D eigenvalue weighted by molar-refractivity contribution is 9.10. The number of aryl methyl sites for hydroxylation is 1. The largest absolute Gasteiger partial charge is 0.298 e. The molecular formula is C12H11BrN2O. The summed E-state index contributed by atoms with van der Waals surface area (Å²) in [6, 6.07) is 7.99. The van der Waals surface area contributed by atoms with E-state index in [2.05, 4.69) is 26.1 Å². The molecule has 0 amide bonds. The molecule has 3 nitrogen and oxygen atoms in total. The van der Waals surface area contributed by atoms with Gasteiger partial charge >= 0.3 is 0 Å². The molecule has 0 aliphatic rings. The van der Waals surface area contributed by atoms with E-state index in [1.165, 1.54) is 0 Å². The van der Waals surface area contributed by atoms with Gasteiger partial charge in [-0.25, -0.2) is 0 Å². The Morgan fingerprint density at radius 2 is 2.31 bits per heavy atom. The zero-order chi connectivity index (χ0) is 11.5. The molecule has 0 saturated carbocycles. The van der Waals surface area contributed by atoms with Crippen molar-refractivity contribution >= 4 is 22.2 Å². The van der Waals surface area contributed by atoms with Gasteiger partial charge in [0.2, 0.25) is 0 Å². The number of aromatic amines is 1. The van der Waals surface area contributed by atoms with Crippen LogP contribution in [0.3, 0.4) is 0 Å². The molecule has 16 heavy (non-hydrogen) atoms. The average Bonchev–Trinajstić information content (AvgIpc) is 2.59. The summed E-state index contributed by atoms with van der Waals surface area (Å²) in [5.74, 6) is 0. The highest BCUT2D eigenvalue weighted by Crippen LogP contribution is 2.16. The van der Waals surface area contributed by atoms with Crippen LogP contribution < -0.4 is 0 Å². The summed E-state index contributed by atoms with van der Waals surface area (Å²) in [5, 5.41) is 6.97. The first-order valence-electron chi connectivity index (χ1n) is 4.94. The number of halogens is 1. The number of rotatable bonds is 3. The van der Waals surface area contributed by atoms with E-state index >= 15 is 0 Å². The normalized spacial score (nSPS) is 10.4. The maximum absolute atomic E-state index is 10.9. The van der Waals surface area contributed by atoms with Crippen LogP contribution in [0.25, 0.3) is 0 Å². The van der Waals surface area contributed by atoms with E-state index in [-0.39, 0.29) is 0 Å². The van der Waals surface area contributed by atoms with Gasteiger partial charge in [-0.3, -0.25) is 9.89 Å². The van der Waals surface area contributed by atoms with Crippen LogP contribution in [0.15, 0.2) is 28.7 Å². The van der Waals surface area contributed by atoms with Gasteiger partial charge in [-0.2, -0.15) is 5.10 Å². The maximum atomic E-state index is 10.9. The van der Waals surface area contributed by atoms with Crippen molar-refractivity contribution in [2.24, 2.45) is 0 Å². The average molecular weight is 279 g/mol. The summed E-state index contributed by atoms with van der Waals surface area (Å²) in [4.78, 5) is 10.9. The summed E-state index contributed by atoms with van der Waals surface area (Å²) in [6.45, 7) is 1.85. The minimum atomic E-state index is 0.665. The summed E-state index contributed by atoms with van der Waals surface area (Å²) < 4.78 is 1.03. The second-order valence-corrected chi connectivity index (χ2v) is 4.55. The van der Waals surface area contributed by atoms with Crippen LogP contribution in [0.5, 0.6) is 0 Å². The fourth-order valence-corrected chi connectivity index (χ4v) is 2.07. The number of aromatic nitrogens is 2. The third kappa shape index (κ3) is 2.22. The Balaban J connectivity index is 2.30. The van der Waals surface area contributed by atoms with E-state index in [9.17, 15) is 4.79 Å². The molecule has 1 heterocycles. The van der Waals surface area contributed by atoms with Crippen LogP contribution in [0.4, 0.5) is 0 Å². The number of H-pyrrole nitrogens is 1. The molecule has 1 aromatic heterocycles. The molecule has 4 heteroatoms. The van der Waals surface area contributed by atoms with Gasteiger partial charge in [-0.05, 0) is 24.6 Å². The number of nitrogens with zero attached hydrogens (tertiary/aromatic N) is 1. The fraction of sp³-hybridized carbons (Fsp3) is 0.167. The van der Waals surface area contributed by atoms with Gasteiger partial charge in [-0.15, -0.1) is 0 Å². The standard InChI is InChI=1S/C12H11BrN2O/c1-8-11(7-16)12(15-14-8)6-9-3-2-4-10(13)5-9/h2-5,7H,6H2,1H3,(H,14,15). The Kier molecular flexibility index (Phi) is 3.19. The van der Waals surface area contributed by atoms with Crippen LogP contribution >= 0.6 is 15.9 Å². The van der Waals surface area contributed by atoms with Gasteiger partial charge in [0.05, 0.1) is 11.3 Å². The molecule has 1 N–H and O–H groups in total. The monoisotopic (exact) mass is 278 g/mol. The number of carbonyl (C=O) groups excluding carboxylic acids is 1. The van der Waals surface area contributed by atoms with Gasteiger partial charge < -0.3 is 0 Å². The number of nitrogens with one attached hydrogen (secondary N) is 1. The lowest BCUT2D eigenvalue weighted by molar-refractivity contribution is 0.112. The lowest BCUT2D eigenvalue weighted by atomic mass is 10.1. The number of hydrogen-bond acceptors (Lipinski definition) is 2. The van der Waals surface area contributed by atoms with E-state index in [1.54, 1.807) is 0 Å².